The van der Waals surface area contributed by atoms with E-state index in [1.165, 1.54) is 11.1 Å². The van der Waals surface area contributed by atoms with E-state index in [1.807, 2.05) is 31.2 Å². The van der Waals surface area contributed by atoms with Gasteiger partial charge in [0.1, 0.15) is 11.5 Å². The number of phenolic OH excluding ortho intramolecular Hbond substituents is 2. The zero-order valence-electron chi connectivity index (χ0n) is 14.1. The molecule has 0 atom stereocenters. The molecule has 2 nitrogen and oxygen atoms in total. The van der Waals surface area contributed by atoms with Crippen molar-refractivity contribution >= 4 is 0 Å². The fraction of sp³-hybridized carbons (Fsp3) is 0.400. The molecule has 0 saturated heterocycles. The summed E-state index contributed by atoms with van der Waals surface area (Å²) >= 11 is 0. The van der Waals surface area contributed by atoms with Gasteiger partial charge in [0, 0.05) is 17.0 Å². The van der Waals surface area contributed by atoms with Crippen LogP contribution in [0, 0.1) is 0 Å². The second-order valence-corrected chi connectivity index (χ2v) is 6.67. The smallest absolute Gasteiger partial charge is 0.119 e. The molecule has 2 N–H and O–H groups in total. The number of aromatic hydroxyl groups is 2. The third kappa shape index (κ3) is 3.27. The second kappa shape index (κ2) is 6.43. The van der Waals surface area contributed by atoms with Crippen molar-refractivity contribution in [1.29, 1.82) is 0 Å². The van der Waals surface area contributed by atoms with Crippen molar-refractivity contribution in [3.63, 3.8) is 0 Å². The molecule has 0 aromatic heterocycles. The third-order valence-corrected chi connectivity index (χ3v) is 4.37. The van der Waals surface area contributed by atoms with Crippen LogP contribution in [-0.2, 0) is 0 Å². The Bertz CT molecular complexity index is 599. The summed E-state index contributed by atoms with van der Waals surface area (Å²) < 4.78 is 0. The minimum atomic E-state index is -0.0580. The molecule has 0 amide bonds. The summed E-state index contributed by atoms with van der Waals surface area (Å²) in [4.78, 5) is 0. The van der Waals surface area contributed by atoms with Crippen molar-refractivity contribution in [2.24, 2.45) is 0 Å². The van der Waals surface area contributed by atoms with Gasteiger partial charge in [-0.1, -0.05) is 58.9 Å². The predicted molar refractivity (Wildman–Crippen MR) is 91.9 cm³/mol. The van der Waals surface area contributed by atoms with Crippen LogP contribution in [0.3, 0.4) is 0 Å². The first-order chi connectivity index (χ1) is 10.3. The highest BCUT2D eigenvalue weighted by Gasteiger charge is 2.18. The van der Waals surface area contributed by atoms with Gasteiger partial charge in [0.05, 0.1) is 0 Å². The molecule has 22 heavy (non-hydrogen) atoms. The zero-order chi connectivity index (χ0) is 16.4. The summed E-state index contributed by atoms with van der Waals surface area (Å²) in [5.41, 5.74) is 4.11. The Balaban J connectivity index is 2.50. The van der Waals surface area contributed by atoms with Crippen molar-refractivity contribution < 1.29 is 10.2 Å². The van der Waals surface area contributed by atoms with Gasteiger partial charge in [-0.3, -0.25) is 0 Å². The topological polar surface area (TPSA) is 40.5 Å². The largest absolute Gasteiger partial charge is 0.508 e. The third-order valence-electron chi connectivity index (χ3n) is 4.37. The van der Waals surface area contributed by atoms with Gasteiger partial charge in [0.15, 0.2) is 0 Å². The van der Waals surface area contributed by atoms with Crippen LogP contribution in [0.5, 0.6) is 11.5 Å². The molecule has 0 unspecified atom stereocenters. The summed E-state index contributed by atoms with van der Waals surface area (Å²) in [6.07, 6.45) is 0. The molecular formula is C20H26O2. The lowest BCUT2D eigenvalue weighted by Gasteiger charge is -2.19. The second-order valence-electron chi connectivity index (χ2n) is 6.67. The van der Waals surface area contributed by atoms with E-state index in [9.17, 15) is 10.2 Å². The van der Waals surface area contributed by atoms with Gasteiger partial charge in [0.2, 0.25) is 0 Å². The lowest BCUT2D eigenvalue weighted by atomic mass is 9.87. The minimum Gasteiger partial charge on any atom is -0.508 e. The van der Waals surface area contributed by atoms with Crippen molar-refractivity contribution in [3.8, 4) is 11.5 Å². The first-order valence-electron chi connectivity index (χ1n) is 7.96. The van der Waals surface area contributed by atoms with E-state index in [4.69, 9.17) is 0 Å². The van der Waals surface area contributed by atoms with Gasteiger partial charge in [-0.05, 0) is 35.1 Å². The van der Waals surface area contributed by atoms with Crippen LogP contribution in [0.4, 0.5) is 0 Å². The van der Waals surface area contributed by atoms with Gasteiger partial charge in [-0.25, -0.2) is 0 Å². The van der Waals surface area contributed by atoms with E-state index in [2.05, 4.69) is 27.7 Å². The van der Waals surface area contributed by atoms with Gasteiger partial charge in [-0.2, -0.15) is 0 Å². The summed E-state index contributed by atoms with van der Waals surface area (Å²) in [5, 5.41) is 20.5. The monoisotopic (exact) mass is 298 g/mol. The lowest BCUT2D eigenvalue weighted by molar-refractivity contribution is 0.456. The van der Waals surface area contributed by atoms with Crippen LogP contribution in [-0.4, -0.2) is 10.2 Å². The van der Waals surface area contributed by atoms with Crippen LogP contribution in [0.25, 0.3) is 0 Å². The summed E-state index contributed by atoms with van der Waals surface area (Å²) in [5.74, 6) is 1.32. The summed E-state index contributed by atoms with van der Waals surface area (Å²) in [6.45, 7) is 10.6. The summed E-state index contributed by atoms with van der Waals surface area (Å²) in [6, 6.07) is 11.5. The molecule has 0 bridgehead atoms. The Kier molecular flexibility index (Phi) is 4.80. The molecule has 118 valence electrons. The van der Waals surface area contributed by atoms with E-state index in [0.717, 1.165) is 11.1 Å². The van der Waals surface area contributed by atoms with Crippen LogP contribution in [0.2, 0.25) is 0 Å². The fourth-order valence-electron chi connectivity index (χ4n) is 2.73. The van der Waals surface area contributed by atoms with Gasteiger partial charge >= 0.3 is 0 Å². The Labute approximate surface area is 133 Å². The molecule has 0 heterocycles. The molecule has 2 aromatic rings. The predicted octanol–water partition coefficient (Wildman–Crippen LogP) is 5.50. The molecule has 0 saturated carbocycles. The number of benzene rings is 2. The average molecular weight is 298 g/mol. The minimum absolute atomic E-state index is 0.0580. The Morgan fingerprint density at radius 3 is 1.32 bits per heavy atom. The number of hydrogen-bond donors (Lipinski definition) is 2. The number of rotatable bonds is 4. The first kappa shape index (κ1) is 16.4. The van der Waals surface area contributed by atoms with E-state index < -0.39 is 0 Å². The Hall–Kier alpha value is -1.96. The summed E-state index contributed by atoms with van der Waals surface area (Å²) in [7, 11) is 0. The van der Waals surface area contributed by atoms with E-state index in [1.54, 1.807) is 12.1 Å². The first-order valence-corrected chi connectivity index (χ1v) is 7.96. The van der Waals surface area contributed by atoms with Crippen molar-refractivity contribution in [1.82, 2.24) is 0 Å². The number of hydrogen-bond acceptors (Lipinski definition) is 2. The molecule has 0 aliphatic heterocycles. The van der Waals surface area contributed by atoms with Gasteiger partial charge < -0.3 is 10.2 Å². The lowest BCUT2D eigenvalue weighted by Crippen LogP contribution is -2.01. The molecule has 0 aliphatic carbocycles. The molecule has 0 aliphatic rings. The SMILES string of the molecule is CC(C)c1ccc(O)c(C(C)c2cc(C(C)C)ccc2O)c1. The van der Waals surface area contributed by atoms with Crippen LogP contribution in [0.1, 0.15) is 74.6 Å². The van der Waals surface area contributed by atoms with Crippen LogP contribution in [0.15, 0.2) is 36.4 Å². The Morgan fingerprint density at radius 1 is 0.636 bits per heavy atom. The molecule has 2 rings (SSSR count). The van der Waals surface area contributed by atoms with E-state index in [0.29, 0.717) is 11.8 Å². The molecule has 0 radical (unpaired) electrons. The highest BCUT2D eigenvalue weighted by Crippen LogP contribution is 2.38. The number of phenols is 2. The van der Waals surface area contributed by atoms with Crippen molar-refractivity contribution in [3.05, 3.63) is 58.7 Å². The van der Waals surface area contributed by atoms with E-state index in [-0.39, 0.29) is 17.4 Å². The molecule has 2 heteroatoms. The van der Waals surface area contributed by atoms with Crippen molar-refractivity contribution in [2.45, 2.75) is 52.4 Å². The van der Waals surface area contributed by atoms with E-state index >= 15 is 0 Å². The molecule has 0 spiro atoms. The maximum absolute atomic E-state index is 10.2. The highest BCUT2D eigenvalue weighted by molar-refractivity contribution is 5.48. The quantitative estimate of drug-likeness (QED) is 0.782. The maximum atomic E-state index is 10.2. The standard InChI is InChI=1S/C20H26O2/c1-12(2)15-6-8-19(21)17(10-15)14(5)18-11-16(13(3)4)7-9-20(18)22/h6-14,21-22H,1-5H3. The molecule has 0 fully saturated rings. The normalized spacial score (nSPS) is 11.6. The van der Waals surface area contributed by atoms with Gasteiger partial charge in [-0.15, -0.1) is 0 Å². The molecular weight excluding hydrogens is 272 g/mol. The van der Waals surface area contributed by atoms with Gasteiger partial charge in [0.25, 0.3) is 0 Å². The Morgan fingerprint density at radius 2 is 1.00 bits per heavy atom. The van der Waals surface area contributed by atoms with Crippen LogP contribution < -0.4 is 0 Å². The zero-order valence-corrected chi connectivity index (χ0v) is 14.1. The average Bonchev–Trinajstić information content (AvgIpc) is 2.47. The van der Waals surface area contributed by atoms with Crippen LogP contribution >= 0.6 is 0 Å². The molecule has 2 aromatic carbocycles. The fourth-order valence-corrected chi connectivity index (χ4v) is 2.73. The highest BCUT2D eigenvalue weighted by atomic mass is 16.3. The van der Waals surface area contributed by atoms with Crippen molar-refractivity contribution in [2.75, 3.05) is 0 Å². The maximum Gasteiger partial charge on any atom is 0.119 e.